The Hall–Kier alpha value is -4.11. The number of nitrogens with zero attached hydrogens (tertiary/aromatic N) is 1. The molecule has 0 aromatic heterocycles. The average Bonchev–Trinajstić information content (AvgIpc) is 2.89. The van der Waals surface area contributed by atoms with Crippen LogP contribution in [0.25, 0.3) is 0 Å². The molecule has 0 aliphatic heterocycles. The number of hydrogen-bond acceptors (Lipinski definition) is 6. The van der Waals surface area contributed by atoms with Crippen molar-refractivity contribution < 1.29 is 27.5 Å². The number of carbonyl (C=O) groups is 2. The maximum Gasteiger partial charge on any atom is 0.338 e. The van der Waals surface area contributed by atoms with Crippen molar-refractivity contribution in [2.75, 3.05) is 24.6 Å². The standard InChI is InChI=1S/C26H26N2O6S/c1-3-16-27-25(29)19-34-26(30)21-10-7-11-24(17-21)35(31,32)28(18-20-8-5-4-6-9-20)22-12-14-23(33-2)15-13-22/h3-15,17H,1,16,18-19H2,2H3,(H,27,29). The second-order valence-corrected chi connectivity index (χ2v) is 9.25. The third-order valence-electron chi connectivity index (χ3n) is 4.97. The van der Waals surface area contributed by atoms with Gasteiger partial charge in [-0.1, -0.05) is 42.5 Å². The molecule has 0 saturated carbocycles. The van der Waals surface area contributed by atoms with Gasteiger partial charge in [-0.05, 0) is 48.0 Å². The van der Waals surface area contributed by atoms with Gasteiger partial charge >= 0.3 is 5.97 Å². The quantitative estimate of drug-likeness (QED) is 0.323. The van der Waals surface area contributed by atoms with Crippen molar-refractivity contribution in [3.05, 3.63) is 103 Å². The summed E-state index contributed by atoms with van der Waals surface area (Å²) < 4.78 is 38.9. The molecule has 35 heavy (non-hydrogen) atoms. The highest BCUT2D eigenvalue weighted by atomic mass is 32.2. The van der Waals surface area contributed by atoms with Crippen LogP contribution in [0.4, 0.5) is 5.69 Å². The fourth-order valence-electron chi connectivity index (χ4n) is 3.17. The fourth-order valence-corrected chi connectivity index (χ4v) is 4.67. The van der Waals surface area contributed by atoms with Gasteiger partial charge in [0, 0.05) is 6.54 Å². The van der Waals surface area contributed by atoms with Crippen LogP contribution < -0.4 is 14.4 Å². The van der Waals surface area contributed by atoms with E-state index in [-0.39, 0.29) is 23.5 Å². The van der Waals surface area contributed by atoms with E-state index < -0.39 is 28.5 Å². The van der Waals surface area contributed by atoms with Crippen molar-refractivity contribution in [3.8, 4) is 5.75 Å². The minimum absolute atomic E-state index is 0.0111. The first kappa shape index (κ1) is 25.5. The lowest BCUT2D eigenvalue weighted by molar-refractivity contribution is -0.124. The fraction of sp³-hybridized carbons (Fsp3) is 0.154. The molecule has 182 valence electrons. The van der Waals surface area contributed by atoms with Crippen molar-refractivity contribution >= 4 is 27.6 Å². The summed E-state index contributed by atoms with van der Waals surface area (Å²) >= 11 is 0. The van der Waals surface area contributed by atoms with E-state index in [1.54, 1.807) is 24.3 Å². The molecule has 3 aromatic rings. The molecule has 0 aliphatic carbocycles. The van der Waals surface area contributed by atoms with Gasteiger partial charge < -0.3 is 14.8 Å². The van der Waals surface area contributed by atoms with Gasteiger partial charge in [-0.3, -0.25) is 9.10 Å². The normalized spacial score (nSPS) is 10.8. The molecule has 1 amide bonds. The molecular weight excluding hydrogens is 468 g/mol. The number of benzene rings is 3. The second kappa shape index (κ2) is 11.8. The molecule has 9 heteroatoms. The summed E-state index contributed by atoms with van der Waals surface area (Å²) in [5.74, 6) is -0.710. The van der Waals surface area contributed by atoms with Crippen LogP contribution >= 0.6 is 0 Å². The minimum Gasteiger partial charge on any atom is -0.497 e. The van der Waals surface area contributed by atoms with E-state index >= 15 is 0 Å². The zero-order chi connectivity index (χ0) is 25.3. The Bertz CT molecular complexity index is 1270. The van der Waals surface area contributed by atoms with E-state index in [1.165, 1.54) is 41.8 Å². The lowest BCUT2D eigenvalue weighted by Crippen LogP contribution is -2.31. The number of hydrogen-bond donors (Lipinski definition) is 1. The van der Waals surface area contributed by atoms with Crippen LogP contribution in [0, 0.1) is 0 Å². The predicted molar refractivity (Wildman–Crippen MR) is 133 cm³/mol. The zero-order valence-corrected chi connectivity index (χ0v) is 20.0. The molecule has 0 unspecified atom stereocenters. The molecule has 1 N–H and O–H groups in total. The Morgan fingerprint density at radius 3 is 2.37 bits per heavy atom. The van der Waals surface area contributed by atoms with Crippen LogP contribution in [0.3, 0.4) is 0 Å². The lowest BCUT2D eigenvalue weighted by atomic mass is 10.2. The predicted octanol–water partition coefficient (Wildman–Crippen LogP) is 3.55. The third-order valence-corrected chi connectivity index (χ3v) is 6.73. The average molecular weight is 495 g/mol. The van der Waals surface area contributed by atoms with Crippen LogP contribution in [0.1, 0.15) is 15.9 Å². The molecule has 0 bridgehead atoms. The molecular formula is C26H26N2O6S. The maximum absolute atomic E-state index is 13.7. The summed E-state index contributed by atoms with van der Waals surface area (Å²) in [4.78, 5) is 24.1. The number of carbonyl (C=O) groups excluding carboxylic acids is 2. The van der Waals surface area contributed by atoms with Crippen molar-refractivity contribution in [2.45, 2.75) is 11.4 Å². The molecule has 8 nitrogen and oxygen atoms in total. The molecule has 0 atom stereocenters. The summed E-state index contributed by atoms with van der Waals surface area (Å²) in [5.41, 5.74) is 1.23. The van der Waals surface area contributed by atoms with E-state index in [9.17, 15) is 18.0 Å². The molecule has 0 aliphatic rings. The number of esters is 1. The van der Waals surface area contributed by atoms with Crippen molar-refractivity contribution in [2.24, 2.45) is 0 Å². The monoisotopic (exact) mass is 494 g/mol. The maximum atomic E-state index is 13.7. The van der Waals surface area contributed by atoms with Gasteiger partial charge in [0.25, 0.3) is 15.9 Å². The van der Waals surface area contributed by atoms with Crippen LogP contribution in [-0.4, -0.2) is 40.6 Å². The Kier molecular flexibility index (Phi) is 8.63. The Morgan fingerprint density at radius 1 is 1.00 bits per heavy atom. The van der Waals surface area contributed by atoms with Gasteiger partial charge in [-0.25, -0.2) is 13.2 Å². The Labute approximate surface area is 204 Å². The Morgan fingerprint density at radius 2 is 1.71 bits per heavy atom. The van der Waals surface area contributed by atoms with Crippen LogP contribution in [0.2, 0.25) is 0 Å². The second-order valence-electron chi connectivity index (χ2n) is 7.39. The first-order valence-electron chi connectivity index (χ1n) is 10.7. The number of nitrogens with one attached hydrogen (secondary N) is 1. The number of rotatable bonds is 11. The Balaban J connectivity index is 1.90. The van der Waals surface area contributed by atoms with Gasteiger partial charge in [0.2, 0.25) is 0 Å². The highest BCUT2D eigenvalue weighted by Gasteiger charge is 2.26. The van der Waals surface area contributed by atoms with Crippen LogP contribution in [0.15, 0.2) is 96.4 Å². The minimum atomic E-state index is -4.08. The molecule has 0 radical (unpaired) electrons. The summed E-state index contributed by atoms with van der Waals surface area (Å²) in [7, 11) is -2.55. The van der Waals surface area contributed by atoms with E-state index in [2.05, 4.69) is 11.9 Å². The largest absolute Gasteiger partial charge is 0.497 e. The van der Waals surface area contributed by atoms with E-state index in [1.807, 2.05) is 30.3 Å². The van der Waals surface area contributed by atoms with Crippen molar-refractivity contribution in [3.63, 3.8) is 0 Å². The highest BCUT2D eigenvalue weighted by Crippen LogP contribution is 2.28. The number of ether oxygens (including phenoxy) is 2. The zero-order valence-electron chi connectivity index (χ0n) is 19.2. The van der Waals surface area contributed by atoms with Crippen LogP contribution in [0.5, 0.6) is 5.75 Å². The van der Waals surface area contributed by atoms with Gasteiger partial charge in [0.15, 0.2) is 6.61 Å². The first-order valence-corrected chi connectivity index (χ1v) is 12.1. The van der Waals surface area contributed by atoms with E-state index in [0.29, 0.717) is 11.4 Å². The molecule has 0 spiro atoms. The van der Waals surface area contributed by atoms with Gasteiger partial charge in [-0.15, -0.1) is 6.58 Å². The van der Waals surface area contributed by atoms with E-state index in [4.69, 9.17) is 9.47 Å². The van der Waals surface area contributed by atoms with Gasteiger partial charge in [-0.2, -0.15) is 0 Å². The van der Waals surface area contributed by atoms with E-state index in [0.717, 1.165) is 5.56 Å². The summed E-state index contributed by atoms with van der Waals surface area (Å²) in [6.07, 6.45) is 1.50. The third kappa shape index (κ3) is 6.70. The van der Waals surface area contributed by atoms with Crippen molar-refractivity contribution in [1.82, 2.24) is 5.32 Å². The number of methoxy groups -OCH3 is 1. The van der Waals surface area contributed by atoms with Crippen molar-refractivity contribution in [1.29, 1.82) is 0 Å². The highest BCUT2D eigenvalue weighted by molar-refractivity contribution is 7.92. The first-order chi connectivity index (χ1) is 16.8. The molecule has 3 rings (SSSR count). The van der Waals surface area contributed by atoms with Gasteiger partial charge in [0.05, 0.1) is 29.8 Å². The summed E-state index contributed by atoms with van der Waals surface area (Å²) in [5, 5.41) is 2.49. The molecule has 0 saturated heterocycles. The molecule has 0 fully saturated rings. The topological polar surface area (TPSA) is 102 Å². The number of amides is 1. The molecule has 3 aromatic carbocycles. The lowest BCUT2D eigenvalue weighted by Gasteiger charge is -2.25. The smallest absolute Gasteiger partial charge is 0.338 e. The van der Waals surface area contributed by atoms with Gasteiger partial charge in [0.1, 0.15) is 5.75 Å². The number of sulfonamides is 1. The van der Waals surface area contributed by atoms with Crippen LogP contribution in [-0.2, 0) is 26.1 Å². The SMILES string of the molecule is C=CCNC(=O)COC(=O)c1cccc(S(=O)(=O)N(Cc2ccccc2)c2ccc(OC)cc2)c1. The number of anilines is 1. The summed E-state index contributed by atoms with van der Waals surface area (Å²) in [6, 6.07) is 21.3. The molecule has 0 heterocycles. The summed E-state index contributed by atoms with van der Waals surface area (Å²) in [6.45, 7) is 3.32.